The van der Waals surface area contributed by atoms with Crippen LogP contribution in [0.4, 0.5) is 11.4 Å². The third-order valence-corrected chi connectivity index (χ3v) is 7.92. The molecule has 0 aromatic heterocycles. The number of amides is 1. The number of aryl methyl sites for hydroxylation is 1. The van der Waals surface area contributed by atoms with Crippen LogP contribution in [0.1, 0.15) is 25.8 Å². The Morgan fingerprint density at radius 2 is 1.79 bits per heavy atom. The number of benzene rings is 2. The zero-order chi connectivity index (χ0) is 20.1. The van der Waals surface area contributed by atoms with Crippen LogP contribution < -0.4 is 14.4 Å². The summed E-state index contributed by atoms with van der Waals surface area (Å²) in [5, 5.41) is 2.78. The van der Waals surface area contributed by atoms with Gasteiger partial charge >= 0.3 is 0 Å². The Morgan fingerprint density at radius 3 is 2.39 bits per heavy atom. The molecule has 2 aromatic carbocycles. The number of fused-ring (bicyclic) bond motifs is 1. The van der Waals surface area contributed by atoms with Crippen LogP contribution >= 0.6 is 0 Å². The molecule has 0 bridgehead atoms. The lowest BCUT2D eigenvalue weighted by molar-refractivity contribution is -0.116. The second-order valence-electron chi connectivity index (χ2n) is 7.81. The van der Waals surface area contributed by atoms with Crippen LogP contribution in [0.3, 0.4) is 0 Å². The van der Waals surface area contributed by atoms with Gasteiger partial charge in [-0.2, -0.15) is 0 Å². The van der Waals surface area contributed by atoms with Gasteiger partial charge in [-0.1, -0.05) is 17.7 Å². The highest BCUT2D eigenvalue weighted by Crippen LogP contribution is 2.58. The summed E-state index contributed by atoms with van der Waals surface area (Å²) in [5.74, 6) is 0.0708. The molecule has 0 spiro atoms. The number of anilines is 2. The van der Waals surface area contributed by atoms with Crippen molar-refractivity contribution in [3.8, 4) is 5.75 Å². The van der Waals surface area contributed by atoms with Crippen LogP contribution in [0, 0.1) is 12.8 Å². The van der Waals surface area contributed by atoms with E-state index in [1.54, 1.807) is 36.4 Å². The molecule has 2 aliphatic rings. The molecule has 1 N–H and O–H groups in total. The number of ether oxygens (including phenoxy) is 1. The van der Waals surface area contributed by atoms with Crippen molar-refractivity contribution in [2.24, 2.45) is 5.92 Å². The number of nitrogens with zero attached hydrogens (tertiary/aromatic N) is 1. The maximum atomic E-state index is 13.2. The second-order valence-corrected chi connectivity index (χ2v) is 9.93. The monoisotopic (exact) mass is 400 g/mol. The summed E-state index contributed by atoms with van der Waals surface area (Å²) in [6.07, 6.45) is 0.431. The first-order valence-electron chi connectivity index (χ1n) is 9.41. The van der Waals surface area contributed by atoms with Crippen LogP contribution in [0.5, 0.6) is 5.75 Å². The van der Waals surface area contributed by atoms with Crippen LogP contribution in [0.15, 0.2) is 48.5 Å². The van der Waals surface area contributed by atoms with Gasteiger partial charge in [0.05, 0.1) is 11.8 Å². The smallest absolute Gasteiger partial charge is 0.250 e. The van der Waals surface area contributed by atoms with Crippen molar-refractivity contribution in [3.05, 3.63) is 54.1 Å². The van der Waals surface area contributed by atoms with E-state index in [9.17, 15) is 13.2 Å². The molecule has 148 valence electrons. The minimum absolute atomic E-state index is 0.0583. The molecule has 1 aliphatic heterocycles. The van der Waals surface area contributed by atoms with Crippen molar-refractivity contribution >= 4 is 27.3 Å². The van der Waals surface area contributed by atoms with E-state index in [0.29, 0.717) is 30.1 Å². The van der Waals surface area contributed by atoms with E-state index in [1.165, 1.54) is 4.31 Å². The molecule has 1 aliphatic carbocycles. The molecule has 1 heterocycles. The van der Waals surface area contributed by atoms with Gasteiger partial charge in [0.2, 0.25) is 15.9 Å². The van der Waals surface area contributed by atoms with E-state index in [-0.39, 0.29) is 12.0 Å². The first-order valence-corrected chi connectivity index (χ1v) is 10.9. The highest BCUT2D eigenvalue weighted by molar-refractivity contribution is 7.95. The van der Waals surface area contributed by atoms with Crippen LogP contribution in [0.25, 0.3) is 0 Å². The first kappa shape index (κ1) is 18.8. The fourth-order valence-corrected chi connectivity index (χ4v) is 6.17. The zero-order valence-corrected chi connectivity index (χ0v) is 17.0. The first-order chi connectivity index (χ1) is 13.2. The van der Waals surface area contributed by atoms with E-state index in [4.69, 9.17) is 4.74 Å². The quantitative estimate of drug-likeness (QED) is 0.835. The van der Waals surface area contributed by atoms with Crippen LogP contribution in [0.2, 0.25) is 0 Å². The van der Waals surface area contributed by atoms with Crippen molar-refractivity contribution in [2.75, 3.05) is 16.2 Å². The summed E-state index contributed by atoms with van der Waals surface area (Å²) in [6.45, 7) is 6.17. The standard InChI is InChI=1S/C21H24N2O4S/c1-14(2)27-19-10-6-17(7-11-19)22-20(24)21-12-16(21)13-23(28(21,25)26)18-8-4-15(3)5-9-18/h4-11,14,16H,12-13H2,1-3H3,(H,22,24)/t16-,21+/m0/s1. The van der Waals surface area contributed by atoms with Crippen molar-refractivity contribution in [1.82, 2.24) is 0 Å². The third kappa shape index (κ3) is 2.94. The van der Waals surface area contributed by atoms with Crippen molar-refractivity contribution in [1.29, 1.82) is 0 Å². The number of carbonyl (C=O) groups is 1. The Bertz CT molecular complexity index is 1000. The number of nitrogens with one attached hydrogen (secondary N) is 1. The minimum Gasteiger partial charge on any atom is -0.491 e. The molecule has 2 aromatic rings. The Labute approximate surface area is 165 Å². The lowest BCUT2D eigenvalue weighted by Gasteiger charge is -2.23. The Kier molecular flexibility index (Phi) is 4.38. The number of carbonyl (C=O) groups excluding carboxylic acids is 1. The summed E-state index contributed by atoms with van der Waals surface area (Å²) in [7, 11) is -3.77. The molecular weight excluding hydrogens is 376 g/mol. The summed E-state index contributed by atoms with van der Waals surface area (Å²) < 4.78 is 32.0. The molecule has 4 rings (SSSR count). The molecule has 2 fully saturated rings. The van der Waals surface area contributed by atoms with Crippen molar-refractivity contribution < 1.29 is 17.9 Å². The fraction of sp³-hybridized carbons (Fsp3) is 0.381. The SMILES string of the molecule is Cc1ccc(N2C[C@@H]3C[C@@]3(C(=O)Nc3ccc(OC(C)C)cc3)S2(=O)=O)cc1. The van der Waals surface area contributed by atoms with Gasteiger partial charge in [-0.3, -0.25) is 9.10 Å². The molecular formula is C21H24N2O4S. The van der Waals surface area contributed by atoms with Gasteiger partial charge in [0, 0.05) is 18.2 Å². The van der Waals surface area contributed by atoms with Gasteiger partial charge in [0.15, 0.2) is 4.75 Å². The molecule has 28 heavy (non-hydrogen) atoms. The molecule has 0 radical (unpaired) electrons. The predicted molar refractivity (Wildman–Crippen MR) is 109 cm³/mol. The van der Waals surface area contributed by atoms with E-state index in [0.717, 1.165) is 5.56 Å². The second kappa shape index (κ2) is 6.51. The van der Waals surface area contributed by atoms with E-state index >= 15 is 0 Å². The van der Waals surface area contributed by atoms with E-state index < -0.39 is 20.7 Å². The van der Waals surface area contributed by atoms with Gasteiger partial charge in [-0.25, -0.2) is 8.42 Å². The lowest BCUT2D eigenvalue weighted by atomic mass is 10.2. The molecule has 1 saturated carbocycles. The number of rotatable bonds is 5. The summed E-state index contributed by atoms with van der Waals surface area (Å²) in [4.78, 5) is 12.9. The van der Waals surface area contributed by atoms with Crippen LogP contribution in [-0.2, 0) is 14.8 Å². The molecule has 7 heteroatoms. The van der Waals surface area contributed by atoms with Crippen LogP contribution in [-0.4, -0.2) is 31.7 Å². The largest absolute Gasteiger partial charge is 0.491 e. The maximum Gasteiger partial charge on any atom is 0.250 e. The molecule has 6 nitrogen and oxygen atoms in total. The molecule has 1 saturated heterocycles. The van der Waals surface area contributed by atoms with E-state index in [1.807, 2.05) is 32.9 Å². The normalized spacial score (nSPS) is 24.7. The molecule has 1 amide bonds. The third-order valence-electron chi connectivity index (χ3n) is 5.38. The zero-order valence-electron chi connectivity index (χ0n) is 16.2. The van der Waals surface area contributed by atoms with Gasteiger partial charge in [0.1, 0.15) is 5.75 Å². The maximum absolute atomic E-state index is 13.2. The van der Waals surface area contributed by atoms with Gasteiger partial charge in [0.25, 0.3) is 0 Å². The topological polar surface area (TPSA) is 75.7 Å². The number of sulfonamides is 1. The summed E-state index contributed by atoms with van der Waals surface area (Å²) in [5.41, 5.74) is 2.23. The number of hydrogen-bond acceptors (Lipinski definition) is 4. The molecule has 0 unspecified atom stereocenters. The Hall–Kier alpha value is -2.54. The Balaban J connectivity index is 1.53. The minimum atomic E-state index is -3.77. The lowest BCUT2D eigenvalue weighted by Crippen LogP contribution is -2.42. The van der Waals surface area contributed by atoms with Gasteiger partial charge < -0.3 is 10.1 Å². The van der Waals surface area contributed by atoms with Crippen molar-refractivity contribution in [3.63, 3.8) is 0 Å². The summed E-state index contributed by atoms with van der Waals surface area (Å²) in [6, 6.07) is 14.3. The highest BCUT2D eigenvalue weighted by Gasteiger charge is 2.75. The van der Waals surface area contributed by atoms with E-state index in [2.05, 4.69) is 5.32 Å². The predicted octanol–water partition coefficient (Wildman–Crippen LogP) is 3.33. The molecule has 2 atom stereocenters. The average Bonchev–Trinajstić information content (AvgIpc) is 3.33. The van der Waals surface area contributed by atoms with Crippen molar-refractivity contribution in [2.45, 2.75) is 38.0 Å². The van der Waals surface area contributed by atoms with Gasteiger partial charge in [-0.15, -0.1) is 0 Å². The summed E-state index contributed by atoms with van der Waals surface area (Å²) >= 11 is 0. The highest BCUT2D eigenvalue weighted by atomic mass is 32.2. The average molecular weight is 401 g/mol. The fourth-order valence-electron chi connectivity index (χ4n) is 3.81. The Morgan fingerprint density at radius 1 is 1.14 bits per heavy atom. The van der Waals surface area contributed by atoms with Gasteiger partial charge in [-0.05, 0) is 63.6 Å². The number of hydrogen-bond donors (Lipinski definition) is 1.